The van der Waals surface area contributed by atoms with E-state index in [-0.39, 0.29) is 23.6 Å². The van der Waals surface area contributed by atoms with Crippen LogP contribution in [0.3, 0.4) is 0 Å². The Hall–Kier alpha value is -3.52. The van der Waals surface area contributed by atoms with Crippen molar-refractivity contribution in [3.05, 3.63) is 86.3 Å². The number of ether oxygens (including phenoxy) is 2. The number of hydrogen-bond donors (Lipinski definition) is 2. The molecule has 1 atom stereocenters. The molecular weight excluding hydrogens is 474 g/mol. The molecule has 0 saturated carbocycles. The number of thioether (sulfide) groups is 1. The van der Waals surface area contributed by atoms with Gasteiger partial charge >= 0.3 is 0 Å². The summed E-state index contributed by atoms with van der Waals surface area (Å²) in [4.78, 5) is 34.7. The predicted molar refractivity (Wildman–Crippen MR) is 139 cm³/mol. The van der Waals surface area contributed by atoms with Gasteiger partial charge < -0.3 is 19.8 Å². The van der Waals surface area contributed by atoms with E-state index in [1.165, 1.54) is 17.3 Å². The second-order valence-electron chi connectivity index (χ2n) is 10.4. The third kappa shape index (κ3) is 4.09. The molecule has 0 bridgehead atoms. The summed E-state index contributed by atoms with van der Waals surface area (Å²) in [6, 6.07) is 13.9. The Morgan fingerprint density at radius 2 is 1.83 bits per heavy atom. The monoisotopic (exact) mass is 501 g/mol. The minimum atomic E-state index is -0.526. The number of allylic oxidation sites excluding steroid dienone is 2. The Morgan fingerprint density at radius 1 is 1.06 bits per heavy atom. The van der Waals surface area contributed by atoms with E-state index in [0.717, 1.165) is 16.8 Å². The minimum Gasteiger partial charge on any atom is -0.454 e. The molecule has 0 spiro atoms. The van der Waals surface area contributed by atoms with Gasteiger partial charge in [-0.2, -0.15) is 0 Å². The number of aromatic amines is 1. The maximum Gasteiger partial charge on any atom is 0.257 e. The summed E-state index contributed by atoms with van der Waals surface area (Å²) >= 11 is 1.48. The number of rotatable bonds is 4. The summed E-state index contributed by atoms with van der Waals surface area (Å²) in [6.07, 6.45) is 1.13. The number of hydrogen-bond acceptors (Lipinski definition) is 7. The van der Waals surface area contributed by atoms with Crippen molar-refractivity contribution in [3.8, 4) is 11.5 Å². The molecule has 8 heteroatoms. The number of fused-ring (bicyclic) bond motifs is 2. The lowest BCUT2D eigenvalue weighted by atomic mass is 9.69. The second kappa shape index (κ2) is 8.55. The molecule has 2 N–H and O–H groups in total. The van der Waals surface area contributed by atoms with Crippen LogP contribution in [0.15, 0.2) is 63.7 Å². The van der Waals surface area contributed by atoms with Gasteiger partial charge in [-0.05, 0) is 42.0 Å². The molecule has 1 aromatic heterocycles. The van der Waals surface area contributed by atoms with Crippen molar-refractivity contribution in [3.63, 3.8) is 0 Å². The van der Waals surface area contributed by atoms with Crippen LogP contribution >= 0.6 is 11.8 Å². The topological polar surface area (TPSA) is 93.3 Å². The molecule has 0 radical (unpaired) electrons. The minimum absolute atomic E-state index is 0.0549. The first-order valence-electron chi connectivity index (χ1n) is 12.0. The van der Waals surface area contributed by atoms with Gasteiger partial charge in [0.05, 0.1) is 5.56 Å². The summed E-state index contributed by atoms with van der Waals surface area (Å²) < 4.78 is 11.1. The van der Waals surface area contributed by atoms with Gasteiger partial charge in [-0.15, -0.1) is 0 Å². The second-order valence-corrected chi connectivity index (χ2v) is 11.4. The third-order valence-corrected chi connectivity index (χ3v) is 7.87. The third-order valence-electron chi connectivity index (χ3n) is 6.93. The molecule has 184 valence electrons. The van der Waals surface area contributed by atoms with E-state index >= 15 is 0 Å². The molecule has 6 rings (SSSR count). The Balaban J connectivity index is 1.43. The lowest BCUT2D eigenvalue weighted by Crippen LogP contribution is -2.37. The number of carbonyl (C=O) groups is 1. The molecule has 7 nitrogen and oxygen atoms in total. The van der Waals surface area contributed by atoms with Gasteiger partial charge in [0, 0.05) is 29.4 Å². The fourth-order valence-electron chi connectivity index (χ4n) is 5.22. The van der Waals surface area contributed by atoms with Crippen molar-refractivity contribution in [1.82, 2.24) is 9.97 Å². The molecule has 36 heavy (non-hydrogen) atoms. The zero-order valence-corrected chi connectivity index (χ0v) is 21.3. The molecule has 0 saturated heterocycles. The number of benzene rings is 2. The van der Waals surface area contributed by atoms with Crippen molar-refractivity contribution in [1.29, 1.82) is 0 Å². The van der Waals surface area contributed by atoms with Gasteiger partial charge in [0.2, 0.25) is 6.79 Å². The molecule has 3 heterocycles. The average molecular weight is 502 g/mol. The first kappa shape index (κ1) is 22.9. The van der Waals surface area contributed by atoms with Gasteiger partial charge in [0.25, 0.3) is 5.56 Å². The largest absolute Gasteiger partial charge is 0.454 e. The van der Waals surface area contributed by atoms with Crippen LogP contribution in [0.25, 0.3) is 0 Å². The van der Waals surface area contributed by atoms with Crippen molar-refractivity contribution >= 4 is 23.4 Å². The quantitative estimate of drug-likeness (QED) is 0.370. The number of aromatic nitrogens is 2. The van der Waals surface area contributed by atoms with E-state index in [2.05, 4.69) is 55.3 Å². The van der Waals surface area contributed by atoms with Crippen LogP contribution in [0.1, 0.15) is 54.9 Å². The maximum atomic E-state index is 13.5. The Morgan fingerprint density at radius 3 is 2.64 bits per heavy atom. The molecule has 0 fully saturated rings. The highest BCUT2D eigenvalue weighted by Crippen LogP contribution is 2.49. The highest BCUT2D eigenvalue weighted by atomic mass is 32.2. The van der Waals surface area contributed by atoms with Crippen molar-refractivity contribution in [2.24, 2.45) is 5.41 Å². The normalized spacial score (nSPS) is 19.5. The van der Waals surface area contributed by atoms with Crippen LogP contribution in [0, 0.1) is 12.3 Å². The van der Waals surface area contributed by atoms with E-state index in [1.54, 1.807) is 0 Å². The zero-order chi connectivity index (χ0) is 25.0. The maximum absolute atomic E-state index is 13.5. The molecule has 3 aromatic rings. The van der Waals surface area contributed by atoms with Crippen molar-refractivity contribution in [2.75, 3.05) is 12.1 Å². The van der Waals surface area contributed by atoms with Gasteiger partial charge in [-0.1, -0.05) is 61.5 Å². The molecular formula is C28H27N3O4S. The fraction of sp³-hybridized carbons (Fsp3) is 0.321. The average Bonchev–Trinajstić information content (AvgIpc) is 3.29. The van der Waals surface area contributed by atoms with Gasteiger partial charge in [0.15, 0.2) is 22.4 Å². The summed E-state index contributed by atoms with van der Waals surface area (Å²) in [5.41, 5.74) is 4.70. The van der Waals surface area contributed by atoms with Crippen molar-refractivity contribution in [2.45, 2.75) is 50.4 Å². The number of Topliss-reactive ketones (excluding diaryl/α,β-unsaturated/α-hetero) is 1. The summed E-state index contributed by atoms with van der Waals surface area (Å²) in [5.74, 6) is 2.01. The van der Waals surface area contributed by atoms with Gasteiger partial charge in [0.1, 0.15) is 5.82 Å². The SMILES string of the molecule is Cc1ccc(CSc2nc3c(c(=O)[nH]2)C(c2ccc4c(c2)OCO4)C2=C(CC(C)(C)CC2=O)N3)cc1. The standard InChI is InChI=1S/C28H27N3O4S/c1-15-4-6-16(7-5-15)13-36-27-30-25-24(26(33)31-27)22(17-8-9-20-21(10-17)35-14-34-20)23-18(29-25)11-28(2,3)12-19(23)32/h4-10,22H,11-14H2,1-3H3,(H2,29,30,31,33). The van der Waals surface area contributed by atoms with Gasteiger partial charge in [-0.25, -0.2) is 4.98 Å². The highest BCUT2D eigenvalue weighted by molar-refractivity contribution is 7.98. The van der Waals surface area contributed by atoms with E-state index in [9.17, 15) is 9.59 Å². The number of H-pyrrole nitrogens is 1. The molecule has 1 unspecified atom stereocenters. The number of ketones is 1. The fourth-order valence-corrected chi connectivity index (χ4v) is 6.04. The summed E-state index contributed by atoms with van der Waals surface area (Å²) in [5, 5.41) is 3.93. The molecule has 3 aliphatic rings. The Bertz CT molecular complexity index is 1470. The number of carbonyl (C=O) groups excluding carboxylic acids is 1. The number of anilines is 1. The van der Waals surface area contributed by atoms with Crippen LogP contribution in [-0.4, -0.2) is 22.5 Å². The predicted octanol–water partition coefficient (Wildman–Crippen LogP) is 5.30. The zero-order valence-electron chi connectivity index (χ0n) is 20.4. The molecule has 1 aliphatic carbocycles. The Kier molecular flexibility index (Phi) is 5.44. The highest BCUT2D eigenvalue weighted by Gasteiger charge is 2.42. The lowest BCUT2D eigenvalue weighted by Gasteiger charge is -2.38. The van der Waals surface area contributed by atoms with Crippen molar-refractivity contribution < 1.29 is 14.3 Å². The first-order valence-corrected chi connectivity index (χ1v) is 13.0. The number of nitrogens with zero attached hydrogens (tertiary/aromatic N) is 1. The number of nitrogens with one attached hydrogen (secondary N) is 2. The smallest absolute Gasteiger partial charge is 0.257 e. The van der Waals surface area contributed by atoms with Crippen LogP contribution < -0.4 is 20.3 Å². The van der Waals surface area contributed by atoms with E-state index in [4.69, 9.17) is 14.5 Å². The summed E-state index contributed by atoms with van der Waals surface area (Å²) in [7, 11) is 0. The molecule has 0 amide bonds. The van der Waals surface area contributed by atoms with E-state index in [1.807, 2.05) is 18.2 Å². The first-order chi connectivity index (χ1) is 17.3. The van der Waals surface area contributed by atoms with E-state index in [0.29, 0.717) is 52.2 Å². The van der Waals surface area contributed by atoms with Crippen LogP contribution in [0.5, 0.6) is 11.5 Å². The molecule has 2 aromatic carbocycles. The lowest BCUT2D eigenvalue weighted by molar-refractivity contribution is -0.118. The summed E-state index contributed by atoms with van der Waals surface area (Å²) in [6.45, 7) is 6.40. The Labute approximate surface area is 213 Å². The van der Waals surface area contributed by atoms with Crippen LogP contribution in [-0.2, 0) is 10.5 Å². The van der Waals surface area contributed by atoms with Crippen LogP contribution in [0.2, 0.25) is 0 Å². The van der Waals surface area contributed by atoms with Crippen LogP contribution in [0.4, 0.5) is 5.82 Å². The van der Waals surface area contributed by atoms with Gasteiger partial charge in [-0.3, -0.25) is 9.59 Å². The number of aryl methyl sites for hydroxylation is 1. The molecule has 2 aliphatic heterocycles. The van der Waals surface area contributed by atoms with E-state index < -0.39 is 5.92 Å².